The maximum absolute atomic E-state index is 12.6. The van der Waals surface area contributed by atoms with Crippen LogP contribution in [0.4, 0.5) is 5.69 Å². The van der Waals surface area contributed by atoms with Gasteiger partial charge in [-0.3, -0.25) is 19.5 Å². The van der Waals surface area contributed by atoms with E-state index in [9.17, 15) is 9.59 Å². The van der Waals surface area contributed by atoms with Gasteiger partial charge in [-0.2, -0.15) is 5.43 Å². The van der Waals surface area contributed by atoms with Crippen molar-refractivity contribution in [2.24, 2.45) is 0 Å². The lowest BCUT2D eigenvalue weighted by molar-refractivity contribution is -0.163. The van der Waals surface area contributed by atoms with Gasteiger partial charge in [-0.05, 0) is 31.5 Å². The van der Waals surface area contributed by atoms with Gasteiger partial charge < -0.3 is 4.90 Å². The second-order valence-electron chi connectivity index (χ2n) is 6.91. The van der Waals surface area contributed by atoms with E-state index in [1.165, 1.54) is 10.6 Å². The monoisotopic (exact) mass is 350 g/mol. The summed E-state index contributed by atoms with van der Waals surface area (Å²) >= 11 is 0. The molecule has 134 valence electrons. The van der Waals surface area contributed by atoms with Crippen molar-refractivity contribution >= 4 is 17.5 Å². The van der Waals surface area contributed by atoms with Crippen LogP contribution in [0, 0.1) is 13.8 Å². The van der Waals surface area contributed by atoms with Crippen LogP contribution in [0.1, 0.15) is 16.7 Å². The highest BCUT2D eigenvalue weighted by Gasteiger charge is 2.45. The molecule has 2 heterocycles. The number of carbonyl (C=O) groups excluding carboxylic acids is 2. The van der Waals surface area contributed by atoms with Crippen LogP contribution in [0.15, 0.2) is 48.5 Å². The van der Waals surface area contributed by atoms with E-state index in [1.807, 2.05) is 50.2 Å². The van der Waals surface area contributed by atoms with E-state index in [-0.39, 0.29) is 6.29 Å². The molecule has 0 aromatic heterocycles. The lowest BCUT2D eigenvalue weighted by Gasteiger charge is -2.40. The Balaban J connectivity index is 1.57. The Labute approximate surface area is 153 Å². The summed E-state index contributed by atoms with van der Waals surface area (Å²) in [6.45, 7) is 5.65. The van der Waals surface area contributed by atoms with Gasteiger partial charge in [-0.1, -0.05) is 47.5 Å². The Morgan fingerprint density at radius 1 is 0.846 bits per heavy atom. The number of hydrazine groups is 1. The number of benzene rings is 2. The van der Waals surface area contributed by atoms with Gasteiger partial charge >= 0.3 is 11.8 Å². The molecule has 1 atom stereocenters. The fraction of sp³-hybridized carbons (Fsp3) is 0.300. The number of hydrogen-bond donors (Lipinski definition) is 1. The first-order chi connectivity index (χ1) is 12.5. The molecule has 6 nitrogen and oxygen atoms in total. The maximum Gasteiger partial charge on any atom is 0.326 e. The predicted octanol–water partition coefficient (Wildman–Crippen LogP) is 1.78. The number of aryl methyl sites for hydroxylation is 2. The van der Waals surface area contributed by atoms with Crippen LogP contribution in [0.3, 0.4) is 0 Å². The molecule has 1 N–H and O–H groups in total. The molecule has 2 aliphatic rings. The largest absolute Gasteiger partial charge is 0.336 e. The Morgan fingerprint density at radius 3 is 2.08 bits per heavy atom. The minimum atomic E-state index is -0.507. The van der Waals surface area contributed by atoms with E-state index >= 15 is 0 Å². The summed E-state index contributed by atoms with van der Waals surface area (Å²) in [6.07, 6.45) is -0.339. The van der Waals surface area contributed by atoms with Crippen LogP contribution in [0.5, 0.6) is 0 Å². The van der Waals surface area contributed by atoms with Crippen molar-refractivity contribution in [1.82, 2.24) is 15.3 Å². The van der Waals surface area contributed by atoms with Crippen molar-refractivity contribution < 1.29 is 9.59 Å². The smallest absolute Gasteiger partial charge is 0.326 e. The minimum Gasteiger partial charge on any atom is -0.336 e. The van der Waals surface area contributed by atoms with Crippen molar-refractivity contribution in [3.05, 3.63) is 65.2 Å². The van der Waals surface area contributed by atoms with Crippen molar-refractivity contribution in [2.45, 2.75) is 26.7 Å². The number of hydrogen-bond acceptors (Lipinski definition) is 4. The number of fused-ring (bicyclic) bond motifs is 1. The summed E-state index contributed by atoms with van der Waals surface area (Å²) in [4.78, 5) is 28.8. The summed E-state index contributed by atoms with van der Waals surface area (Å²) in [6, 6.07) is 16.2. The molecule has 2 saturated heterocycles. The normalized spacial score (nSPS) is 19.9. The second-order valence-corrected chi connectivity index (χ2v) is 6.91. The molecule has 2 amide bonds. The van der Waals surface area contributed by atoms with Crippen molar-refractivity contribution in [1.29, 1.82) is 0 Å². The number of amides is 2. The zero-order valence-electron chi connectivity index (χ0n) is 15.0. The zero-order valence-corrected chi connectivity index (χ0v) is 15.0. The van der Waals surface area contributed by atoms with E-state index in [2.05, 4.69) is 22.5 Å². The van der Waals surface area contributed by atoms with Crippen LogP contribution < -0.4 is 10.3 Å². The Kier molecular flexibility index (Phi) is 4.12. The Morgan fingerprint density at radius 2 is 1.42 bits per heavy atom. The molecule has 2 aliphatic heterocycles. The highest BCUT2D eigenvalue weighted by molar-refractivity contribution is 6.35. The summed E-state index contributed by atoms with van der Waals surface area (Å²) < 4.78 is 0. The lowest BCUT2D eigenvalue weighted by Crippen LogP contribution is -2.67. The first-order valence-electron chi connectivity index (χ1n) is 8.80. The first kappa shape index (κ1) is 16.6. The SMILES string of the molecule is Cc1ccc(CN2NC3N(CCN3c3ccc(C)cc3)C(=O)C2=O)cc1. The number of carbonyl (C=O) groups is 2. The molecule has 4 rings (SSSR count). The highest BCUT2D eigenvalue weighted by atomic mass is 16.2. The third kappa shape index (κ3) is 2.93. The fourth-order valence-electron chi connectivity index (χ4n) is 3.42. The summed E-state index contributed by atoms with van der Waals surface area (Å²) in [5, 5.41) is 1.43. The molecular weight excluding hydrogens is 328 g/mol. The second kappa shape index (κ2) is 6.46. The molecule has 0 bridgehead atoms. The van der Waals surface area contributed by atoms with Crippen molar-refractivity contribution in [3.8, 4) is 0 Å². The van der Waals surface area contributed by atoms with Gasteiger partial charge in [0, 0.05) is 18.8 Å². The molecule has 26 heavy (non-hydrogen) atoms. The maximum atomic E-state index is 12.6. The van der Waals surface area contributed by atoms with Crippen molar-refractivity contribution in [3.63, 3.8) is 0 Å². The summed E-state index contributed by atoms with van der Waals surface area (Å²) in [5.74, 6) is -0.956. The first-order valence-corrected chi connectivity index (χ1v) is 8.80. The summed E-state index contributed by atoms with van der Waals surface area (Å²) in [5.41, 5.74) is 7.61. The van der Waals surface area contributed by atoms with E-state index in [1.54, 1.807) is 4.90 Å². The highest BCUT2D eigenvalue weighted by Crippen LogP contribution is 2.26. The van der Waals surface area contributed by atoms with Gasteiger partial charge in [0.25, 0.3) is 0 Å². The van der Waals surface area contributed by atoms with Gasteiger partial charge in [-0.15, -0.1) is 0 Å². The van der Waals surface area contributed by atoms with Gasteiger partial charge in [0.05, 0.1) is 6.54 Å². The minimum absolute atomic E-state index is 0.339. The molecule has 2 aromatic carbocycles. The average molecular weight is 350 g/mol. The molecule has 2 fully saturated rings. The van der Waals surface area contributed by atoms with Crippen LogP contribution >= 0.6 is 0 Å². The molecule has 1 unspecified atom stereocenters. The van der Waals surface area contributed by atoms with Crippen LogP contribution in [-0.4, -0.2) is 41.1 Å². The van der Waals surface area contributed by atoms with Gasteiger partial charge in [0.1, 0.15) is 0 Å². The number of anilines is 1. The lowest BCUT2D eigenvalue weighted by atomic mass is 10.1. The van der Waals surface area contributed by atoms with Crippen LogP contribution in [0.2, 0.25) is 0 Å². The van der Waals surface area contributed by atoms with E-state index in [4.69, 9.17) is 0 Å². The van der Waals surface area contributed by atoms with Crippen LogP contribution in [0.25, 0.3) is 0 Å². The van der Waals surface area contributed by atoms with E-state index in [0.29, 0.717) is 19.6 Å². The predicted molar refractivity (Wildman–Crippen MR) is 98.9 cm³/mol. The standard InChI is InChI=1S/C20H22N4O2/c1-14-3-7-16(8-4-14)13-24-19(26)18(25)23-12-11-22(20(23)21-24)17-9-5-15(2)6-10-17/h3-10,20-21H,11-13H2,1-2H3. The summed E-state index contributed by atoms with van der Waals surface area (Å²) in [7, 11) is 0. The Bertz CT molecular complexity index is 832. The molecule has 2 aromatic rings. The molecule has 6 heteroatoms. The third-order valence-corrected chi connectivity index (χ3v) is 4.96. The van der Waals surface area contributed by atoms with E-state index in [0.717, 1.165) is 16.8 Å². The molecule has 0 spiro atoms. The molecular formula is C20H22N4O2. The van der Waals surface area contributed by atoms with Gasteiger partial charge in [-0.25, -0.2) is 0 Å². The molecule has 0 aliphatic carbocycles. The van der Waals surface area contributed by atoms with Gasteiger partial charge in [0.15, 0.2) is 6.29 Å². The number of rotatable bonds is 3. The van der Waals surface area contributed by atoms with E-state index < -0.39 is 11.8 Å². The number of nitrogens with one attached hydrogen (secondary N) is 1. The topological polar surface area (TPSA) is 55.9 Å². The fourth-order valence-corrected chi connectivity index (χ4v) is 3.42. The Hall–Kier alpha value is -2.86. The van der Waals surface area contributed by atoms with Crippen LogP contribution in [-0.2, 0) is 16.1 Å². The third-order valence-electron chi connectivity index (χ3n) is 4.96. The van der Waals surface area contributed by atoms with Crippen molar-refractivity contribution in [2.75, 3.05) is 18.0 Å². The quantitative estimate of drug-likeness (QED) is 0.858. The molecule has 0 saturated carbocycles. The van der Waals surface area contributed by atoms with Gasteiger partial charge in [0.2, 0.25) is 0 Å². The zero-order chi connectivity index (χ0) is 18.3. The number of nitrogens with zero attached hydrogens (tertiary/aromatic N) is 3. The molecule has 0 radical (unpaired) electrons. The average Bonchev–Trinajstić information content (AvgIpc) is 3.06.